The van der Waals surface area contributed by atoms with Crippen molar-refractivity contribution in [3.63, 3.8) is 0 Å². The molecule has 0 radical (unpaired) electrons. The predicted octanol–water partition coefficient (Wildman–Crippen LogP) is 5.20. The third-order valence-electron chi connectivity index (χ3n) is 6.03. The van der Waals surface area contributed by atoms with E-state index >= 15 is 0 Å². The van der Waals surface area contributed by atoms with Crippen LogP contribution in [0.1, 0.15) is 39.6 Å². The van der Waals surface area contributed by atoms with Crippen molar-refractivity contribution in [3.05, 3.63) is 106 Å². The summed E-state index contributed by atoms with van der Waals surface area (Å²) in [7, 11) is 0. The fraction of sp³-hybridized carbons (Fsp3) is 0.154. The van der Waals surface area contributed by atoms with Gasteiger partial charge < -0.3 is 4.98 Å². The molecule has 0 bridgehead atoms. The second kappa shape index (κ2) is 7.72. The van der Waals surface area contributed by atoms with E-state index in [2.05, 4.69) is 34.2 Å². The topological polar surface area (TPSA) is 66.6 Å². The SMILES string of the molecule is N#Cc1ccc(C2c3[nH]c4ccccc4c3CCN2Cc2ccc(F)c(C#N)c2)cc1. The number of aromatic amines is 1. The van der Waals surface area contributed by atoms with E-state index in [1.165, 1.54) is 17.0 Å². The van der Waals surface area contributed by atoms with E-state index in [1.807, 2.05) is 36.4 Å². The van der Waals surface area contributed by atoms with Gasteiger partial charge in [-0.1, -0.05) is 36.4 Å². The smallest absolute Gasteiger partial charge is 0.140 e. The van der Waals surface area contributed by atoms with Crippen LogP contribution in [-0.4, -0.2) is 16.4 Å². The number of H-pyrrole nitrogens is 1. The molecule has 0 spiro atoms. The van der Waals surface area contributed by atoms with E-state index in [0.29, 0.717) is 12.1 Å². The average molecular weight is 406 g/mol. The molecule has 0 aliphatic carbocycles. The van der Waals surface area contributed by atoms with Crippen LogP contribution in [0.3, 0.4) is 0 Å². The number of nitriles is 2. The highest BCUT2D eigenvalue weighted by Gasteiger charge is 2.31. The summed E-state index contributed by atoms with van der Waals surface area (Å²) in [6, 6.07) is 24.8. The number of aromatic nitrogens is 1. The van der Waals surface area contributed by atoms with Crippen LogP contribution in [0.4, 0.5) is 4.39 Å². The normalized spacial score (nSPS) is 15.9. The molecule has 5 heteroatoms. The molecule has 31 heavy (non-hydrogen) atoms. The lowest BCUT2D eigenvalue weighted by Crippen LogP contribution is -2.35. The molecule has 1 aliphatic heterocycles. The predicted molar refractivity (Wildman–Crippen MR) is 117 cm³/mol. The van der Waals surface area contributed by atoms with Crippen LogP contribution in [0.25, 0.3) is 10.9 Å². The molecule has 5 rings (SSSR count). The van der Waals surface area contributed by atoms with E-state index in [0.717, 1.165) is 35.3 Å². The van der Waals surface area contributed by atoms with Crippen molar-refractivity contribution < 1.29 is 4.39 Å². The van der Waals surface area contributed by atoms with Gasteiger partial charge in [-0.3, -0.25) is 4.90 Å². The largest absolute Gasteiger partial charge is 0.357 e. The van der Waals surface area contributed by atoms with Gasteiger partial charge in [0.1, 0.15) is 11.9 Å². The van der Waals surface area contributed by atoms with Crippen LogP contribution < -0.4 is 0 Å². The molecule has 1 aromatic heterocycles. The van der Waals surface area contributed by atoms with Crippen molar-refractivity contribution in [2.24, 2.45) is 0 Å². The number of hydrogen-bond donors (Lipinski definition) is 1. The third kappa shape index (κ3) is 3.36. The van der Waals surface area contributed by atoms with Gasteiger partial charge in [-0.2, -0.15) is 10.5 Å². The third-order valence-corrected chi connectivity index (χ3v) is 6.03. The van der Waals surface area contributed by atoms with Crippen LogP contribution >= 0.6 is 0 Å². The molecule has 1 atom stereocenters. The maximum absolute atomic E-state index is 13.8. The minimum Gasteiger partial charge on any atom is -0.357 e. The highest BCUT2D eigenvalue weighted by Crippen LogP contribution is 2.39. The van der Waals surface area contributed by atoms with E-state index in [4.69, 9.17) is 0 Å². The molecule has 2 heterocycles. The lowest BCUT2D eigenvalue weighted by Gasteiger charge is -2.36. The summed E-state index contributed by atoms with van der Waals surface area (Å²) in [5.74, 6) is -0.494. The molecule has 150 valence electrons. The van der Waals surface area contributed by atoms with Gasteiger partial charge in [-0.15, -0.1) is 0 Å². The number of rotatable bonds is 3. The molecule has 1 aliphatic rings. The Balaban J connectivity index is 1.60. The minimum absolute atomic E-state index is 0.0283. The summed E-state index contributed by atoms with van der Waals surface area (Å²) < 4.78 is 13.8. The number of nitrogens with one attached hydrogen (secondary N) is 1. The zero-order chi connectivity index (χ0) is 21.4. The number of halogens is 1. The standard InChI is InChI=1S/C26H19FN4/c27-23-10-7-18(13-20(23)15-29)16-31-12-11-22-21-3-1-2-4-24(21)30-25(22)26(31)19-8-5-17(14-28)6-9-19/h1-10,13,26,30H,11-12,16H2. The molecule has 0 saturated heterocycles. The van der Waals surface area contributed by atoms with Crippen molar-refractivity contribution in [1.29, 1.82) is 10.5 Å². The number of para-hydroxylation sites is 1. The monoisotopic (exact) mass is 406 g/mol. The zero-order valence-corrected chi connectivity index (χ0v) is 16.8. The van der Waals surface area contributed by atoms with Crippen LogP contribution in [0.5, 0.6) is 0 Å². The Morgan fingerprint density at radius 3 is 2.58 bits per heavy atom. The number of hydrogen-bond acceptors (Lipinski definition) is 3. The highest BCUT2D eigenvalue weighted by atomic mass is 19.1. The Morgan fingerprint density at radius 2 is 1.81 bits per heavy atom. The first-order valence-electron chi connectivity index (χ1n) is 10.2. The summed E-state index contributed by atoms with van der Waals surface area (Å²) >= 11 is 0. The van der Waals surface area contributed by atoms with Crippen LogP contribution in [0, 0.1) is 28.5 Å². The molecule has 0 amide bonds. The summed E-state index contributed by atoms with van der Waals surface area (Å²) in [6.07, 6.45) is 0.901. The summed E-state index contributed by atoms with van der Waals surface area (Å²) in [5.41, 5.74) is 6.26. The summed E-state index contributed by atoms with van der Waals surface area (Å²) in [5, 5.41) is 19.6. The van der Waals surface area contributed by atoms with Gasteiger partial charge in [0.05, 0.1) is 23.2 Å². The molecule has 1 N–H and O–H groups in total. The lowest BCUT2D eigenvalue weighted by molar-refractivity contribution is 0.202. The van der Waals surface area contributed by atoms with Gasteiger partial charge in [0.2, 0.25) is 0 Å². The number of fused-ring (bicyclic) bond motifs is 3. The van der Waals surface area contributed by atoms with Gasteiger partial charge >= 0.3 is 0 Å². The van der Waals surface area contributed by atoms with Crippen LogP contribution in [0.15, 0.2) is 66.7 Å². The first-order chi connectivity index (χ1) is 15.2. The summed E-state index contributed by atoms with van der Waals surface area (Å²) in [4.78, 5) is 5.96. The fourth-order valence-electron chi connectivity index (χ4n) is 4.57. The summed E-state index contributed by atoms with van der Waals surface area (Å²) in [6.45, 7) is 1.42. The Bertz CT molecular complexity index is 1360. The van der Waals surface area contributed by atoms with Gasteiger partial charge in [0.15, 0.2) is 0 Å². The molecule has 0 saturated carbocycles. The van der Waals surface area contributed by atoms with Crippen molar-refractivity contribution in [3.8, 4) is 12.1 Å². The van der Waals surface area contributed by atoms with Crippen molar-refractivity contribution in [1.82, 2.24) is 9.88 Å². The zero-order valence-electron chi connectivity index (χ0n) is 16.8. The Morgan fingerprint density at radius 1 is 1.00 bits per heavy atom. The fourth-order valence-corrected chi connectivity index (χ4v) is 4.57. The first kappa shape index (κ1) is 19.1. The van der Waals surface area contributed by atoms with Gasteiger partial charge in [-0.25, -0.2) is 4.39 Å². The van der Waals surface area contributed by atoms with Crippen molar-refractivity contribution >= 4 is 10.9 Å². The van der Waals surface area contributed by atoms with Crippen molar-refractivity contribution in [2.75, 3.05) is 6.54 Å². The second-order valence-electron chi connectivity index (χ2n) is 7.85. The molecular weight excluding hydrogens is 387 g/mol. The molecule has 4 nitrogen and oxygen atoms in total. The average Bonchev–Trinajstić information content (AvgIpc) is 3.19. The Kier molecular flexibility index (Phi) is 4.75. The molecular formula is C26H19FN4. The highest BCUT2D eigenvalue weighted by molar-refractivity contribution is 5.85. The van der Waals surface area contributed by atoms with E-state index in [1.54, 1.807) is 12.1 Å². The van der Waals surface area contributed by atoms with Gasteiger partial charge in [-0.05, 0) is 53.4 Å². The lowest BCUT2D eigenvalue weighted by atomic mass is 9.91. The van der Waals surface area contributed by atoms with Crippen LogP contribution in [-0.2, 0) is 13.0 Å². The van der Waals surface area contributed by atoms with E-state index < -0.39 is 5.82 Å². The van der Waals surface area contributed by atoms with Gasteiger partial charge in [0, 0.05) is 29.7 Å². The molecule has 3 aromatic carbocycles. The second-order valence-corrected chi connectivity index (χ2v) is 7.85. The maximum Gasteiger partial charge on any atom is 0.140 e. The van der Waals surface area contributed by atoms with Crippen molar-refractivity contribution in [2.45, 2.75) is 19.0 Å². The first-order valence-corrected chi connectivity index (χ1v) is 10.2. The molecule has 1 unspecified atom stereocenters. The van der Waals surface area contributed by atoms with E-state index in [9.17, 15) is 14.9 Å². The van der Waals surface area contributed by atoms with Crippen LogP contribution in [0.2, 0.25) is 0 Å². The Labute approximate surface area is 179 Å². The minimum atomic E-state index is -0.494. The maximum atomic E-state index is 13.8. The number of benzene rings is 3. The quantitative estimate of drug-likeness (QED) is 0.509. The van der Waals surface area contributed by atoms with Gasteiger partial charge in [0.25, 0.3) is 0 Å². The van der Waals surface area contributed by atoms with E-state index in [-0.39, 0.29) is 11.6 Å². The molecule has 4 aromatic rings. The number of nitrogens with zero attached hydrogens (tertiary/aromatic N) is 3. The molecule has 0 fully saturated rings. The Hall–Kier alpha value is -3.93.